The second kappa shape index (κ2) is 6.31. The first-order valence-electron chi connectivity index (χ1n) is 6.55. The molecule has 1 aliphatic rings. The van der Waals surface area contributed by atoms with Crippen LogP contribution in [0.3, 0.4) is 0 Å². The van der Waals surface area contributed by atoms with E-state index in [0.29, 0.717) is 21.9 Å². The van der Waals surface area contributed by atoms with Gasteiger partial charge in [-0.2, -0.15) is 0 Å². The quantitative estimate of drug-likeness (QED) is 0.824. The molecule has 8 heteroatoms. The fourth-order valence-electron chi connectivity index (χ4n) is 2.19. The van der Waals surface area contributed by atoms with Gasteiger partial charge in [-0.3, -0.25) is 4.72 Å². The normalized spacial score (nSPS) is 18.6. The van der Waals surface area contributed by atoms with E-state index in [-0.39, 0.29) is 17.0 Å². The van der Waals surface area contributed by atoms with Crippen LogP contribution in [0.25, 0.3) is 0 Å². The van der Waals surface area contributed by atoms with Gasteiger partial charge in [0.15, 0.2) is 16.8 Å². The number of fused-ring (bicyclic) bond motifs is 1. The molecule has 116 valence electrons. The van der Waals surface area contributed by atoms with E-state index in [0.717, 1.165) is 0 Å². The van der Waals surface area contributed by atoms with Gasteiger partial charge in [0.25, 0.3) is 5.17 Å². The molecule has 4 nitrogen and oxygen atoms in total. The maximum atomic E-state index is 14.7. The van der Waals surface area contributed by atoms with Gasteiger partial charge >= 0.3 is 0 Å². The Kier molecular flexibility index (Phi) is 4.42. The molecule has 22 heavy (non-hydrogen) atoms. The van der Waals surface area contributed by atoms with E-state index in [1.807, 2.05) is 12.3 Å². The number of anilines is 2. The Bertz CT molecular complexity index is 734. The number of thiophene rings is 1. The number of ether oxygens (including phenoxy) is 1. The molecule has 0 spiro atoms. The molecule has 1 aromatic heterocycles. The Morgan fingerprint density at radius 2 is 2.32 bits per heavy atom. The number of hydrogen-bond donors (Lipinski definition) is 2. The number of hydrogen-bond acceptors (Lipinski definition) is 4. The fourth-order valence-corrected chi connectivity index (χ4v) is 4.21. The molecule has 0 fully saturated rings. The Labute approximate surface area is 139 Å². The molecule has 1 aliphatic heterocycles. The van der Waals surface area contributed by atoms with Crippen LogP contribution in [0.1, 0.15) is 12.5 Å². The molecule has 2 atom stereocenters. The van der Waals surface area contributed by atoms with Crippen molar-refractivity contribution < 1.29 is 13.3 Å². The summed E-state index contributed by atoms with van der Waals surface area (Å²) in [7, 11) is -1.48. The van der Waals surface area contributed by atoms with Crippen molar-refractivity contribution in [2.75, 3.05) is 10.0 Å². The highest BCUT2D eigenvalue weighted by Crippen LogP contribution is 2.30. The van der Waals surface area contributed by atoms with Crippen LogP contribution in [0.4, 0.5) is 15.8 Å². The standard InChI is InChI=1S/C14H13FN2O2S3/c1-8-7-9-10(16-14(20)19-8)4-5-11(13(9)15)17-22(18)12-3-2-6-21-12/h2-6,8,17H,7H2,1H3,(H,16,20). The lowest BCUT2D eigenvalue weighted by molar-refractivity contribution is 0.216. The summed E-state index contributed by atoms with van der Waals surface area (Å²) in [5.41, 5.74) is 1.26. The summed E-state index contributed by atoms with van der Waals surface area (Å²) < 4.78 is 35.6. The van der Waals surface area contributed by atoms with Crippen LogP contribution in [-0.4, -0.2) is 15.5 Å². The van der Waals surface area contributed by atoms with Crippen molar-refractivity contribution in [3.63, 3.8) is 0 Å². The van der Waals surface area contributed by atoms with Crippen molar-refractivity contribution in [2.45, 2.75) is 23.7 Å². The average Bonchev–Trinajstić information content (AvgIpc) is 2.95. The Hall–Kier alpha value is -1.51. The molecule has 2 N–H and O–H groups in total. The summed E-state index contributed by atoms with van der Waals surface area (Å²) in [5, 5.41) is 4.93. The van der Waals surface area contributed by atoms with Gasteiger partial charge in [0.2, 0.25) is 0 Å². The first kappa shape index (κ1) is 15.4. The molecule has 0 amide bonds. The third-order valence-electron chi connectivity index (χ3n) is 3.16. The second-order valence-corrected chi connectivity index (χ2v) is 7.56. The maximum absolute atomic E-state index is 14.7. The van der Waals surface area contributed by atoms with E-state index >= 15 is 0 Å². The molecule has 0 bridgehead atoms. The largest absolute Gasteiger partial charge is 0.467 e. The zero-order chi connectivity index (χ0) is 15.7. The lowest BCUT2D eigenvalue weighted by Gasteiger charge is -2.12. The monoisotopic (exact) mass is 356 g/mol. The highest BCUT2D eigenvalue weighted by atomic mass is 32.2. The van der Waals surface area contributed by atoms with Crippen LogP contribution in [0.15, 0.2) is 33.9 Å². The molecule has 0 radical (unpaired) electrons. The number of benzene rings is 1. The van der Waals surface area contributed by atoms with Crippen LogP contribution in [0.2, 0.25) is 0 Å². The molecule has 2 unspecified atom stereocenters. The molecule has 0 saturated heterocycles. The van der Waals surface area contributed by atoms with Crippen LogP contribution in [-0.2, 0) is 22.1 Å². The molecule has 0 saturated carbocycles. The topological polar surface area (TPSA) is 50.4 Å². The van der Waals surface area contributed by atoms with Crippen LogP contribution in [0, 0.1) is 5.82 Å². The van der Waals surface area contributed by atoms with Crippen molar-refractivity contribution >= 4 is 51.1 Å². The minimum absolute atomic E-state index is 0.201. The van der Waals surface area contributed by atoms with Crippen LogP contribution < -0.4 is 10.0 Å². The fraction of sp³-hybridized carbons (Fsp3) is 0.214. The van der Waals surface area contributed by atoms with Gasteiger partial charge in [0.1, 0.15) is 10.3 Å². The van der Waals surface area contributed by atoms with Gasteiger partial charge in [0.05, 0.1) is 5.69 Å². The van der Waals surface area contributed by atoms with E-state index in [1.165, 1.54) is 11.3 Å². The summed E-state index contributed by atoms with van der Waals surface area (Å²) in [5.74, 6) is -0.435. The van der Waals surface area contributed by atoms with Crippen molar-refractivity contribution in [3.8, 4) is 0 Å². The van der Waals surface area contributed by atoms with Crippen molar-refractivity contribution in [3.05, 3.63) is 41.0 Å². The molecule has 2 heterocycles. The summed E-state index contributed by atoms with van der Waals surface area (Å²) in [6, 6.07) is 6.80. The second-order valence-electron chi connectivity index (χ2n) is 4.80. The van der Waals surface area contributed by atoms with Crippen molar-refractivity contribution in [2.24, 2.45) is 0 Å². The highest BCUT2D eigenvalue weighted by Gasteiger charge is 2.22. The van der Waals surface area contributed by atoms with Gasteiger partial charge in [-0.1, -0.05) is 6.07 Å². The number of thiocarbonyl (C=S) groups is 1. The first-order chi connectivity index (χ1) is 10.5. The third kappa shape index (κ3) is 3.13. The van der Waals surface area contributed by atoms with E-state index < -0.39 is 16.8 Å². The van der Waals surface area contributed by atoms with E-state index in [1.54, 1.807) is 24.3 Å². The molecule has 3 rings (SSSR count). The smallest absolute Gasteiger partial charge is 0.261 e. The number of rotatable bonds is 3. The number of halogens is 1. The lowest BCUT2D eigenvalue weighted by Crippen LogP contribution is -2.16. The number of nitrogens with one attached hydrogen (secondary N) is 2. The molecular formula is C14H13FN2O2S3. The van der Waals surface area contributed by atoms with Crippen molar-refractivity contribution in [1.29, 1.82) is 0 Å². The van der Waals surface area contributed by atoms with Gasteiger partial charge in [0, 0.05) is 17.7 Å². The van der Waals surface area contributed by atoms with E-state index in [2.05, 4.69) is 10.0 Å². The highest BCUT2D eigenvalue weighted by molar-refractivity contribution is 7.88. The molecule has 0 aliphatic carbocycles. The van der Waals surface area contributed by atoms with Crippen LogP contribution in [0.5, 0.6) is 0 Å². The summed E-state index contributed by atoms with van der Waals surface area (Å²) in [6.07, 6.45) is 0.156. The predicted octanol–water partition coefficient (Wildman–Crippen LogP) is 3.68. The van der Waals surface area contributed by atoms with Gasteiger partial charge in [-0.05, 0) is 42.7 Å². The average molecular weight is 356 g/mol. The molecule has 2 aromatic rings. The summed E-state index contributed by atoms with van der Waals surface area (Å²) in [4.78, 5) is 0. The summed E-state index contributed by atoms with van der Waals surface area (Å²) in [6.45, 7) is 1.83. The Morgan fingerprint density at radius 3 is 3.05 bits per heavy atom. The first-order valence-corrected chi connectivity index (χ1v) is 8.99. The molecule has 1 aromatic carbocycles. The van der Waals surface area contributed by atoms with Gasteiger partial charge < -0.3 is 10.1 Å². The molecular weight excluding hydrogens is 343 g/mol. The van der Waals surface area contributed by atoms with Crippen LogP contribution >= 0.6 is 23.6 Å². The summed E-state index contributed by atoms with van der Waals surface area (Å²) >= 11 is 6.38. The minimum Gasteiger partial charge on any atom is -0.467 e. The van der Waals surface area contributed by atoms with Gasteiger partial charge in [-0.25, -0.2) is 8.60 Å². The third-order valence-corrected chi connectivity index (χ3v) is 5.67. The van der Waals surface area contributed by atoms with Crippen molar-refractivity contribution in [1.82, 2.24) is 0 Å². The predicted molar refractivity (Wildman–Crippen MR) is 91.2 cm³/mol. The SMILES string of the molecule is CC1Cc2c(ccc(NS(=O)c3cccs3)c2F)NC(=S)O1. The van der Waals surface area contributed by atoms with Gasteiger partial charge in [-0.15, -0.1) is 11.3 Å². The Morgan fingerprint density at radius 1 is 1.50 bits per heavy atom. The maximum Gasteiger partial charge on any atom is 0.261 e. The van der Waals surface area contributed by atoms with E-state index in [4.69, 9.17) is 17.0 Å². The van der Waals surface area contributed by atoms with E-state index in [9.17, 15) is 8.60 Å². The zero-order valence-electron chi connectivity index (χ0n) is 11.6. The minimum atomic E-state index is -1.48. The lowest BCUT2D eigenvalue weighted by atomic mass is 10.1. The zero-order valence-corrected chi connectivity index (χ0v) is 14.0. The Balaban J connectivity index is 1.91.